The highest BCUT2D eigenvalue weighted by atomic mass is 16.5. The summed E-state index contributed by atoms with van der Waals surface area (Å²) >= 11 is 0. The fraction of sp³-hybridized carbons (Fsp3) is 0.500. The first kappa shape index (κ1) is 16.4. The van der Waals surface area contributed by atoms with E-state index in [1.807, 2.05) is 44.2 Å². The molecule has 4 nitrogen and oxygen atoms in total. The fourth-order valence-electron chi connectivity index (χ4n) is 1.89. The average molecular weight is 277 g/mol. The van der Waals surface area contributed by atoms with Crippen molar-refractivity contribution in [2.45, 2.75) is 39.8 Å². The van der Waals surface area contributed by atoms with Gasteiger partial charge in [-0.3, -0.25) is 14.5 Å². The Hall–Kier alpha value is -1.68. The van der Waals surface area contributed by atoms with Crippen LogP contribution in [0.25, 0.3) is 0 Å². The van der Waals surface area contributed by atoms with Gasteiger partial charge < -0.3 is 4.74 Å². The molecular formula is C16H23NO3. The normalized spacial score (nSPS) is 10.8. The van der Waals surface area contributed by atoms with E-state index >= 15 is 0 Å². The summed E-state index contributed by atoms with van der Waals surface area (Å²) in [6.07, 6.45) is -0.147. The van der Waals surface area contributed by atoms with Crippen LogP contribution in [0, 0.1) is 0 Å². The molecule has 0 bridgehead atoms. The van der Waals surface area contributed by atoms with Gasteiger partial charge in [-0.05, 0) is 26.3 Å². The van der Waals surface area contributed by atoms with Gasteiger partial charge in [0, 0.05) is 12.6 Å². The average Bonchev–Trinajstić information content (AvgIpc) is 2.39. The van der Waals surface area contributed by atoms with Crippen molar-refractivity contribution in [3.05, 3.63) is 35.9 Å². The van der Waals surface area contributed by atoms with Crippen molar-refractivity contribution in [1.82, 2.24) is 4.90 Å². The van der Waals surface area contributed by atoms with E-state index in [9.17, 15) is 9.59 Å². The van der Waals surface area contributed by atoms with E-state index in [0.717, 1.165) is 5.56 Å². The predicted octanol–water partition coefficient (Wildman–Crippen LogP) is 2.42. The number of hydrogen-bond acceptors (Lipinski definition) is 4. The summed E-state index contributed by atoms with van der Waals surface area (Å²) in [6.45, 7) is 7.10. The van der Waals surface area contributed by atoms with Crippen molar-refractivity contribution >= 4 is 11.8 Å². The van der Waals surface area contributed by atoms with Gasteiger partial charge in [-0.1, -0.05) is 30.3 Å². The lowest BCUT2D eigenvalue weighted by molar-refractivity contribution is -0.145. The number of rotatable bonds is 8. The highest BCUT2D eigenvalue weighted by Crippen LogP contribution is 2.08. The second kappa shape index (κ2) is 8.48. The van der Waals surface area contributed by atoms with Gasteiger partial charge in [0.2, 0.25) is 0 Å². The van der Waals surface area contributed by atoms with Gasteiger partial charge in [0.1, 0.15) is 6.42 Å². The third-order valence-corrected chi connectivity index (χ3v) is 2.99. The minimum Gasteiger partial charge on any atom is -0.466 e. The smallest absolute Gasteiger partial charge is 0.313 e. The molecule has 0 radical (unpaired) electrons. The molecule has 0 fully saturated rings. The number of carbonyl (C=O) groups is 2. The van der Waals surface area contributed by atoms with E-state index in [1.54, 1.807) is 6.92 Å². The molecule has 0 atom stereocenters. The van der Waals surface area contributed by atoms with Crippen molar-refractivity contribution in [3.8, 4) is 0 Å². The molecule has 1 aromatic rings. The SMILES string of the molecule is CCOC(=O)CC(=O)CN(Cc1ccccc1)C(C)C. The number of carbonyl (C=O) groups excluding carboxylic acids is 2. The van der Waals surface area contributed by atoms with E-state index in [0.29, 0.717) is 13.2 Å². The van der Waals surface area contributed by atoms with E-state index in [2.05, 4.69) is 4.90 Å². The van der Waals surface area contributed by atoms with Crippen molar-refractivity contribution in [2.24, 2.45) is 0 Å². The molecule has 0 unspecified atom stereocenters. The lowest BCUT2D eigenvalue weighted by Crippen LogP contribution is -2.36. The van der Waals surface area contributed by atoms with E-state index < -0.39 is 5.97 Å². The van der Waals surface area contributed by atoms with Crippen LogP contribution >= 0.6 is 0 Å². The van der Waals surface area contributed by atoms with Crippen molar-refractivity contribution < 1.29 is 14.3 Å². The Labute approximate surface area is 120 Å². The minimum atomic E-state index is -0.444. The first-order valence-corrected chi connectivity index (χ1v) is 6.98. The van der Waals surface area contributed by atoms with Gasteiger partial charge >= 0.3 is 5.97 Å². The molecule has 1 rings (SSSR count). The summed E-state index contributed by atoms with van der Waals surface area (Å²) in [5.74, 6) is -0.547. The van der Waals surface area contributed by atoms with Gasteiger partial charge in [0.15, 0.2) is 5.78 Å². The molecule has 1 aromatic carbocycles. The Morgan fingerprint density at radius 2 is 1.85 bits per heavy atom. The van der Waals surface area contributed by atoms with Crippen LogP contribution in [-0.4, -0.2) is 35.8 Å². The van der Waals surface area contributed by atoms with E-state index in [1.165, 1.54) is 0 Å². The topological polar surface area (TPSA) is 46.6 Å². The Morgan fingerprint density at radius 3 is 2.40 bits per heavy atom. The molecular weight excluding hydrogens is 254 g/mol. The number of ether oxygens (including phenoxy) is 1. The largest absolute Gasteiger partial charge is 0.466 e. The Balaban J connectivity index is 2.55. The van der Waals surface area contributed by atoms with Crippen LogP contribution in [0.1, 0.15) is 32.8 Å². The second-order valence-corrected chi connectivity index (χ2v) is 5.00. The minimum absolute atomic E-state index is 0.104. The molecule has 0 saturated heterocycles. The monoisotopic (exact) mass is 277 g/mol. The number of esters is 1. The van der Waals surface area contributed by atoms with Crippen LogP contribution in [0.15, 0.2) is 30.3 Å². The van der Waals surface area contributed by atoms with Gasteiger partial charge in [0.05, 0.1) is 13.2 Å². The third kappa shape index (κ3) is 5.97. The Morgan fingerprint density at radius 1 is 1.20 bits per heavy atom. The zero-order chi connectivity index (χ0) is 15.0. The quantitative estimate of drug-likeness (QED) is 0.541. The first-order valence-electron chi connectivity index (χ1n) is 6.98. The van der Waals surface area contributed by atoms with Crippen LogP contribution in [0.5, 0.6) is 0 Å². The molecule has 110 valence electrons. The third-order valence-electron chi connectivity index (χ3n) is 2.99. The summed E-state index contributed by atoms with van der Waals surface area (Å²) in [5, 5.41) is 0. The van der Waals surface area contributed by atoms with Crippen LogP contribution in [-0.2, 0) is 20.9 Å². The van der Waals surface area contributed by atoms with Crippen LogP contribution in [0.2, 0.25) is 0 Å². The van der Waals surface area contributed by atoms with E-state index in [4.69, 9.17) is 4.74 Å². The van der Waals surface area contributed by atoms with Gasteiger partial charge in [-0.15, -0.1) is 0 Å². The Bertz CT molecular complexity index is 429. The summed E-state index contributed by atoms with van der Waals surface area (Å²) in [5.41, 5.74) is 1.16. The lowest BCUT2D eigenvalue weighted by atomic mass is 10.1. The Kier molecular flexibility index (Phi) is 6.94. The molecule has 0 aliphatic rings. The molecule has 0 amide bonds. The van der Waals surface area contributed by atoms with Crippen molar-refractivity contribution in [3.63, 3.8) is 0 Å². The van der Waals surface area contributed by atoms with Gasteiger partial charge in [0.25, 0.3) is 0 Å². The van der Waals surface area contributed by atoms with Gasteiger partial charge in [-0.25, -0.2) is 0 Å². The molecule has 0 N–H and O–H groups in total. The number of benzene rings is 1. The second-order valence-electron chi connectivity index (χ2n) is 5.00. The molecule has 0 saturated carbocycles. The zero-order valence-corrected chi connectivity index (χ0v) is 12.5. The van der Waals surface area contributed by atoms with Crippen LogP contribution in [0.4, 0.5) is 0 Å². The highest BCUT2D eigenvalue weighted by Gasteiger charge is 2.17. The number of hydrogen-bond donors (Lipinski definition) is 0. The summed E-state index contributed by atoms with van der Waals surface area (Å²) in [7, 11) is 0. The molecule has 4 heteroatoms. The maximum absolute atomic E-state index is 11.9. The fourth-order valence-corrected chi connectivity index (χ4v) is 1.89. The summed E-state index contributed by atoms with van der Waals surface area (Å²) in [6, 6.07) is 10.2. The maximum Gasteiger partial charge on any atom is 0.313 e. The first-order chi connectivity index (χ1) is 9.52. The molecule has 20 heavy (non-hydrogen) atoms. The van der Waals surface area contributed by atoms with Crippen molar-refractivity contribution in [1.29, 1.82) is 0 Å². The summed E-state index contributed by atoms with van der Waals surface area (Å²) < 4.78 is 4.79. The van der Waals surface area contributed by atoms with Gasteiger partial charge in [-0.2, -0.15) is 0 Å². The molecule has 0 aliphatic heterocycles. The standard InChI is InChI=1S/C16H23NO3/c1-4-20-16(19)10-15(18)12-17(13(2)3)11-14-8-6-5-7-9-14/h5-9,13H,4,10-12H2,1-3H3. The van der Waals surface area contributed by atoms with Crippen LogP contribution < -0.4 is 0 Å². The highest BCUT2D eigenvalue weighted by molar-refractivity contribution is 5.96. The predicted molar refractivity (Wildman–Crippen MR) is 78.2 cm³/mol. The molecule has 0 aliphatic carbocycles. The molecule has 0 spiro atoms. The number of nitrogens with zero attached hydrogens (tertiary/aromatic N) is 1. The molecule has 0 heterocycles. The number of Topliss-reactive ketones (excluding diaryl/α,β-unsaturated/α-hetero) is 1. The van der Waals surface area contributed by atoms with E-state index in [-0.39, 0.29) is 24.8 Å². The van der Waals surface area contributed by atoms with Crippen molar-refractivity contribution in [2.75, 3.05) is 13.2 Å². The zero-order valence-electron chi connectivity index (χ0n) is 12.5. The maximum atomic E-state index is 11.9. The molecule has 0 aromatic heterocycles. The lowest BCUT2D eigenvalue weighted by Gasteiger charge is -2.25. The summed E-state index contributed by atoms with van der Waals surface area (Å²) in [4.78, 5) is 25.2. The van der Waals surface area contributed by atoms with Crippen LogP contribution in [0.3, 0.4) is 0 Å². The number of ketones is 1.